The van der Waals surface area contributed by atoms with Crippen molar-refractivity contribution in [1.82, 2.24) is 5.32 Å². The molecule has 1 atom stereocenters. The second-order valence-electron chi connectivity index (χ2n) is 4.53. The zero-order valence-corrected chi connectivity index (χ0v) is 10.3. The third-order valence-corrected chi connectivity index (χ3v) is 3.19. The lowest BCUT2D eigenvalue weighted by Crippen LogP contribution is -2.46. The number of nitrogens with one attached hydrogen (secondary N) is 1. The lowest BCUT2D eigenvalue weighted by molar-refractivity contribution is -0.146. The first-order valence-electron chi connectivity index (χ1n) is 6.23. The Morgan fingerprint density at radius 2 is 2.06 bits per heavy atom. The quantitative estimate of drug-likeness (QED) is 0.672. The maximum atomic E-state index is 11.5. The van der Waals surface area contributed by atoms with E-state index < -0.39 is 5.60 Å². The Morgan fingerprint density at radius 1 is 1.44 bits per heavy atom. The molecule has 1 unspecified atom stereocenters. The van der Waals surface area contributed by atoms with Crippen LogP contribution in [0, 0.1) is 0 Å². The standard InChI is InChI=1S/C12H23NO3/c1-3-10(11(14)16-4-2)13-9-12(15)7-5-6-8-12/h10,13,15H,3-9H2,1-2H3. The van der Waals surface area contributed by atoms with Crippen LogP contribution in [-0.2, 0) is 9.53 Å². The molecule has 0 radical (unpaired) electrons. The summed E-state index contributed by atoms with van der Waals surface area (Å²) < 4.78 is 4.96. The van der Waals surface area contributed by atoms with Crippen LogP contribution in [0.15, 0.2) is 0 Å². The zero-order chi connectivity index (χ0) is 12.0. The first kappa shape index (κ1) is 13.5. The van der Waals surface area contributed by atoms with Crippen molar-refractivity contribution in [2.24, 2.45) is 0 Å². The van der Waals surface area contributed by atoms with Crippen molar-refractivity contribution in [2.75, 3.05) is 13.2 Å². The summed E-state index contributed by atoms with van der Waals surface area (Å²) in [6.07, 6.45) is 4.51. The van der Waals surface area contributed by atoms with Crippen LogP contribution in [0.1, 0.15) is 46.0 Å². The van der Waals surface area contributed by atoms with E-state index in [9.17, 15) is 9.90 Å². The second kappa shape index (κ2) is 6.21. The zero-order valence-electron chi connectivity index (χ0n) is 10.3. The molecule has 94 valence electrons. The monoisotopic (exact) mass is 229 g/mol. The van der Waals surface area contributed by atoms with Crippen molar-refractivity contribution in [3.05, 3.63) is 0 Å². The maximum Gasteiger partial charge on any atom is 0.323 e. The van der Waals surface area contributed by atoms with Gasteiger partial charge in [-0.2, -0.15) is 0 Å². The van der Waals surface area contributed by atoms with Gasteiger partial charge in [-0.1, -0.05) is 19.8 Å². The molecule has 1 rings (SSSR count). The van der Waals surface area contributed by atoms with Gasteiger partial charge in [0.15, 0.2) is 0 Å². The molecule has 1 fully saturated rings. The minimum Gasteiger partial charge on any atom is -0.465 e. The van der Waals surface area contributed by atoms with Crippen molar-refractivity contribution in [1.29, 1.82) is 0 Å². The van der Waals surface area contributed by atoms with E-state index in [0.717, 1.165) is 25.7 Å². The normalized spacial score (nSPS) is 20.7. The van der Waals surface area contributed by atoms with E-state index in [1.54, 1.807) is 6.92 Å². The first-order valence-corrected chi connectivity index (χ1v) is 6.23. The molecular weight excluding hydrogens is 206 g/mol. The number of hydrogen-bond donors (Lipinski definition) is 2. The SMILES string of the molecule is CCOC(=O)C(CC)NCC1(O)CCCC1. The van der Waals surface area contributed by atoms with E-state index in [-0.39, 0.29) is 12.0 Å². The Balaban J connectivity index is 2.35. The Labute approximate surface area is 97.4 Å². The molecule has 0 saturated heterocycles. The van der Waals surface area contributed by atoms with E-state index in [2.05, 4.69) is 5.32 Å². The minimum atomic E-state index is -0.611. The Bertz CT molecular complexity index is 224. The van der Waals surface area contributed by atoms with Crippen molar-refractivity contribution in [3.63, 3.8) is 0 Å². The fraction of sp³-hybridized carbons (Fsp3) is 0.917. The van der Waals surface area contributed by atoms with Crippen LogP contribution in [-0.4, -0.2) is 35.9 Å². The largest absolute Gasteiger partial charge is 0.465 e. The number of hydrogen-bond acceptors (Lipinski definition) is 4. The van der Waals surface area contributed by atoms with Gasteiger partial charge < -0.3 is 15.2 Å². The predicted octanol–water partition coefficient (Wildman–Crippen LogP) is 1.22. The summed E-state index contributed by atoms with van der Waals surface area (Å²) in [6.45, 7) is 4.63. The number of esters is 1. The van der Waals surface area contributed by atoms with E-state index in [1.165, 1.54) is 0 Å². The highest BCUT2D eigenvalue weighted by Crippen LogP contribution is 2.28. The fourth-order valence-electron chi connectivity index (χ4n) is 2.16. The molecule has 4 nitrogen and oxygen atoms in total. The Morgan fingerprint density at radius 3 is 2.56 bits per heavy atom. The minimum absolute atomic E-state index is 0.216. The van der Waals surface area contributed by atoms with Gasteiger partial charge in [0.05, 0.1) is 12.2 Å². The lowest BCUT2D eigenvalue weighted by atomic mass is 10.0. The number of carbonyl (C=O) groups is 1. The predicted molar refractivity (Wildman–Crippen MR) is 62.1 cm³/mol. The third-order valence-electron chi connectivity index (χ3n) is 3.19. The average Bonchev–Trinajstić information content (AvgIpc) is 2.67. The van der Waals surface area contributed by atoms with E-state index in [4.69, 9.17) is 4.74 Å². The molecule has 0 bridgehead atoms. The molecule has 4 heteroatoms. The summed E-state index contributed by atoms with van der Waals surface area (Å²) in [5.74, 6) is -0.216. The van der Waals surface area contributed by atoms with Crippen molar-refractivity contribution in [3.8, 4) is 0 Å². The van der Waals surface area contributed by atoms with Gasteiger partial charge in [-0.15, -0.1) is 0 Å². The molecule has 16 heavy (non-hydrogen) atoms. The summed E-state index contributed by atoms with van der Waals surface area (Å²) in [5.41, 5.74) is -0.611. The van der Waals surface area contributed by atoms with Gasteiger partial charge >= 0.3 is 5.97 Å². The molecule has 0 aromatic rings. The van der Waals surface area contributed by atoms with Crippen LogP contribution in [0.5, 0.6) is 0 Å². The van der Waals surface area contributed by atoms with Gasteiger partial charge in [-0.05, 0) is 26.2 Å². The summed E-state index contributed by atoms with van der Waals surface area (Å²) in [4.78, 5) is 11.5. The molecule has 0 heterocycles. The summed E-state index contributed by atoms with van der Waals surface area (Å²) >= 11 is 0. The number of aliphatic hydroxyl groups is 1. The van der Waals surface area contributed by atoms with Crippen molar-refractivity contribution < 1.29 is 14.6 Å². The van der Waals surface area contributed by atoms with Crippen LogP contribution in [0.3, 0.4) is 0 Å². The summed E-state index contributed by atoms with van der Waals surface area (Å²) in [5, 5.41) is 13.2. The molecule has 1 aliphatic carbocycles. The second-order valence-corrected chi connectivity index (χ2v) is 4.53. The number of ether oxygens (including phenoxy) is 1. The summed E-state index contributed by atoms with van der Waals surface area (Å²) in [7, 11) is 0. The van der Waals surface area contributed by atoms with Crippen LogP contribution in [0.2, 0.25) is 0 Å². The molecule has 0 spiro atoms. The number of carbonyl (C=O) groups excluding carboxylic acids is 1. The van der Waals surface area contributed by atoms with Gasteiger partial charge in [0.25, 0.3) is 0 Å². The Hall–Kier alpha value is -0.610. The van der Waals surface area contributed by atoms with Gasteiger partial charge in [-0.3, -0.25) is 4.79 Å². The van der Waals surface area contributed by atoms with Crippen LogP contribution < -0.4 is 5.32 Å². The highest BCUT2D eigenvalue weighted by Gasteiger charge is 2.32. The number of rotatable bonds is 6. The van der Waals surface area contributed by atoms with Gasteiger partial charge in [0.1, 0.15) is 6.04 Å². The van der Waals surface area contributed by atoms with Crippen LogP contribution in [0.25, 0.3) is 0 Å². The van der Waals surface area contributed by atoms with E-state index in [0.29, 0.717) is 19.6 Å². The molecular formula is C12H23NO3. The third kappa shape index (κ3) is 3.76. The topological polar surface area (TPSA) is 58.6 Å². The first-order chi connectivity index (χ1) is 7.61. The van der Waals surface area contributed by atoms with Gasteiger partial charge in [-0.25, -0.2) is 0 Å². The fourth-order valence-corrected chi connectivity index (χ4v) is 2.16. The van der Waals surface area contributed by atoms with Crippen LogP contribution >= 0.6 is 0 Å². The van der Waals surface area contributed by atoms with Gasteiger partial charge in [0, 0.05) is 6.54 Å². The average molecular weight is 229 g/mol. The van der Waals surface area contributed by atoms with Crippen molar-refractivity contribution in [2.45, 2.75) is 57.6 Å². The molecule has 0 aromatic heterocycles. The highest BCUT2D eigenvalue weighted by atomic mass is 16.5. The Kier molecular flexibility index (Phi) is 5.22. The maximum absolute atomic E-state index is 11.5. The molecule has 2 N–H and O–H groups in total. The van der Waals surface area contributed by atoms with E-state index >= 15 is 0 Å². The van der Waals surface area contributed by atoms with Crippen molar-refractivity contribution >= 4 is 5.97 Å². The highest BCUT2D eigenvalue weighted by molar-refractivity contribution is 5.75. The van der Waals surface area contributed by atoms with Gasteiger partial charge in [0.2, 0.25) is 0 Å². The lowest BCUT2D eigenvalue weighted by Gasteiger charge is -2.25. The molecule has 1 aliphatic rings. The molecule has 0 aliphatic heterocycles. The molecule has 0 aromatic carbocycles. The van der Waals surface area contributed by atoms with E-state index in [1.807, 2.05) is 6.92 Å². The smallest absolute Gasteiger partial charge is 0.323 e. The molecule has 1 saturated carbocycles. The summed E-state index contributed by atoms with van der Waals surface area (Å²) in [6, 6.07) is -0.287. The molecule has 0 amide bonds. The van der Waals surface area contributed by atoms with Crippen LogP contribution in [0.4, 0.5) is 0 Å².